The van der Waals surface area contributed by atoms with E-state index >= 15 is 0 Å². The number of rotatable bonds is 9. The number of imide groups is 1. The maximum Gasteiger partial charge on any atom is 0.230 e. The molecule has 6 heteroatoms. The third kappa shape index (κ3) is 7.11. The second-order valence-corrected chi connectivity index (χ2v) is 8.52. The summed E-state index contributed by atoms with van der Waals surface area (Å²) < 4.78 is 0. The second kappa shape index (κ2) is 10.2. The molecule has 0 N–H and O–H groups in total. The number of amides is 2. The Hall–Kier alpha value is -0.775. The van der Waals surface area contributed by atoms with Crippen LogP contribution in [0.25, 0.3) is 0 Å². The molecule has 0 spiro atoms. The Morgan fingerprint density at radius 2 is 1.83 bits per heavy atom. The molecule has 0 aromatic heterocycles. The molecule has 2 amide bonds. The topological polar surface area (TPSA) is 54.5 Å². The average molecular weight is 337 g/mol. The van der Waals surface area contributed by atoms with E-state index in [9.17, 15) is 14.4 Å². The Bertz CT molecular complexity index is 411. The van der Waals surface area contributed by atoms with Gasteiger partial charge in [-0.25, -0.2) is 0 Å². The first-order valence-electron chi connectivity index (χ1n) is 8.56. The summed E-state index contributed by atoms with van der Waals surface area (Å²) in [4.78, 5) is 36.1. The quantitative estimate of drug-likeness (QED) is 0.480. The van der Waals surface area contributed by atoms with Crippen molar-refractivity contribution in [2.75, 3.05) is 6.54 Å². The molecule has 0 aromatic carbocycles. The molecule has 1 saturated carbocycles. The number of hydrogen-bond donors (Lipinski definition) is 0. The molecule has 128 valence electrons. The van der Waals surface area contributed by atoms with Crippen LogP contribution in [0.3, 0.4) is 0 Å². The van der Waals surface area contributed by atoms with Crippen molar-refractivity contribution in [2.24, 2.45) is 11.8 Å². The summed E-state index contributed by atoms with van der Waals surface area (Å²) in [6.45, 7) is 6.79. The first-order valence-corrected chi connectivity index (χ1v) is 9.51. The van der Waals surface area contributed by atoms with Crippen LogP contribution in [0.5, 0.6) is 0 Å². The Kier molecular flexibility index (Phi) is 8.96. The van der Waals surface area contributed by atoms with Crippen molar-refractivity contribution in [3.63, 3.8) is 0 Å². The van der Waals surface area contributed by atoms with E-state index in [1.54, 1.807) is 11.8 Å². The molecule has 1 fully saturated rings. The number of hydrogen-bond acceptors (Lipinski definition) is 4. The monoisotopic (exact) mass is 337 g/mol. The van der Waals surface area contributed by atoms with Crippen molar-refractivity contribution in [3.8, 4) is 0 Å². The Balaban J connectivity index is 2.42. The average Bonchev–Trinajstić information content (AvgIpc) is 2.52. The van der Waals surface area contributed by atoms with Crippen molar-refractivity contribution in [1.29, 1.82) is 0 Å². The number of thioether (sulfide) groups is 1. The highest BCUT2D eigenvalue weighted by Gasteiger charge is 2.27. The fourth-order valence-electron chi connectivity index (χ4n) is 3.02. The van der Waals surface area contributed by atoms with Crippen LogP contribution in [-0.4, -0.2) is 47.8 Å². The third-order valence-corrected chi connectivity index (χ3v) is 6.08. The van der Waals surface area contributed by atoms with Gasteiger partial charge in [-0.3, -0.25) is 14.5 Å². The van der Waals surface area contributed by atoms with Crippen molar-refractivity contribution < 1.29 is 14.4 Å². The summed E-state index contributed by atoms with van der Waals surface area (Å²) in [5.74, 6) is 0.149. The highest BCUT2D eigenvalue weighted by Crippen LogP contribution is 2.29. The molecule has 0 aliphatic heterocycles. The molecule has 2 unspecified atom stereocenters. The summed E-state index contributed by atoms with van der Waals surface area (Å²) in [6, 6.07) is 0. The first kappa shape index (κ1) is 20.3. The Labute approximate surface area is 145 Å². The predicted octanol–water partition coefficient (Wildman–Crippen LogP) is 2.78. The molecule has 0 aromatic rings. The number of carbonyl (C=O) groups is 3. The minimum atomic E-state index is -0.234. The van der Waals surface area contributed by atoms with Crippen LogP contribution >= 0.6 is 11.8 Å². The van der Waals surface area contributed by atoms with Crippen LogP contribution < -0.4 is 0 Å². The van der Waals surface area contributed by atoms with Crippen LogP contribution in [0.1, 0.15) is 59.3 Å². The van der Waals surface area contributed by atoms with Crippen molar-refractivity contribution in [2.45, 2.75) is 69.8 Å². The number of nitrogens with zero attached hydrogens (tertiary/aromatic N) is 1. The van der Waals surface area contributed by atoms with Gasteiger partial charge in [0, 0.05) is 29.4 Å². The zero-order valence-electron chi connectivity index (χ0n) is 14.5. The smallest absolute Gasteiger partial charge is 0.230 e. The lowest BCUT2D eigenvalue weighted by molar-refractivity contribution is -0.139. The Morgan fingerprint density at radius 3 is 2.30 bits per heavy atom. The molecular formula is C17H28BNO3S. The largest absolute Gasteiger partial charge is 0.312 e. The van der Waals surface area contributed by atoms with E-state index in [0.717, 1.165) is 32.1 Å². The van der Waals surface area contributed by atoms with Gasteiger partial charge >= 0.3 is 0 Å². The van der Waals surface area contributed by atoms with Gasteiger partial charge in [0.1, 0.15) is 0 Å². The van der Waals surface area contributed by atoms with E-state index < -0.39 is 0 Å². The molecule has 23 heavy (non-hydrogen) atoms. The van der Waals surface area contributed by atoms with Gasteiger partial charge in [0.05, 0.1) is 5.68 Å². The molecule has 2 radical (unpaired) electrons. The van der Waals surface area contributed by atoms with Crippen molar-refractivity contribution >= 4 is 37.6 Å². The highest BCUT2D eigenvalue weighted by atomic mass is 32.2. The van der Waals surface area contributed by atoms with Crippen LogP contribution in [0.2, 0.25) is 0 Å². The fourth-order valence-corrected chi connectivity index (χ4v) is 4.24. The van der Waals surface area contributed by atoms with E-state index in [2.05, 4.69) is 13.8 Å². The molecule has 4 nitrogen and oxygen atoms in total. The van der Waals surface area contributed by atoms with Crippen LogP contribution in [0, 0.1) is 11.8 Å². The summed E-state index contributed by atoms with van der Waals surface area (Å²) in [7, 11) is 5.33. The third-order valence-electron chi connectivity index (χ3n) is 4.65. The second-order valence-electron chi connectivity index (χ2n) is 6.64. The van der Waals surface area contributed by atoms with Gasteiger partial charge in [0.2, 0.25) is 12.3 Å². The lowest BCUT2D eigenvalue weighted by atomic mass is 9.75. The normalized spacial score (nSPS) is 23.8. The van der Waals surface area contributed by atoms with Gasteiger partial charge in [-0.2, -0.15) is 11.8 Å². The molecule has 0 heterocycles. The van der Waals surface area contributed by atoms with Gasteiger partial charge in [-0.1, -0.05) is 20.8 Å². The van der Waals surface area contributed by atoms with E-state index in [1.165, 1.54) is 4.90 Å². The molecule has 0 saturated heterocycles. The zero-order chi connectivity index (χ0) is 17.4. The van der Waals surface area contributed by atoms with Crippen LogP contribution in [0.15, 0.2) is 0 Å². The lowest BCUT2D eigenvalue weighted by Crippen LogP contribution is -2.37. The van der Waals surface area contributed by atoms with Gasteiger partial charge < -0.3 is 4.79 Å². The summed E-state index contributed by atoms with van der Waals surface area (Å²) in [6.07, 6.45) is 5.35. The maximum atomic E-state index is 12.3. The summed E-state index contributed by atoms with van der Waals surface area (Å²) >= 11 is 1.79. The minimum absolute atomic E-state index is 0.0430. The number of carbonyl (C=O) groups excluding carboxylic acids is 3. The van der Waals surface area contributed by atoms with Crippen LogP contribution in [0.4, 0.5) is 0 Å². The lowest BCUT2D eigenvalue weighted by Gasteiger charge is -2.30. The molecule has 0 bridgehead atoms. The van der Waals surface area contributed by atoms with E-state index in [1.807, 2.05) is 6.92 Å². The van der Waals surface area contributed by atoms with E-state index in [4.69, 9.17) is 7.85 Å². The van der Waals surface area contributed by atoms with Crippen LogP contribution in [-0.2, 0) is 14.4 Å². The molecule has 2 atom stereocenters. The molecule has 1 aliphatic carbocycles. The fraction of sp³-hybridized carbons (Fsp3) is 0.824. The van der Waals surface area contributed by atoms with E-state index in [-0.39, 0.29) is 28.7 Å². The van der Waals surface area contributed by atoms with E-state index in [0.29, 0.717) is 24.6 Å². The standard InChI is InChI=1S/C17H28BNO3S/c1-4-12(2)23-13(3)9-16(21)19(11-20)10-14-5-7-15(8-6-14)17(18)22/h11-15H,4-10H2,1-3H3. The highest BCUT2D eigenvalue weighted by molar-refractivity contribution is 8.00. The minimum Gasteiger partial charge on any atom is -0.312 e. The SMILES string of the molecule is [B]C(=O)C1CCC(CN(C=O)C(=O)CC(C)SC(C)CC)CC1. The Morgan fingerprint density at radius 1 is 1.22 bits per heavy atom. The van der Waals surface area contributed by atoms with Gasteiger partial charge in [-0.15, -0.1) is 0 Å². The van der Waals surface area contributed by atoms with Gasteiger partial charge in [0.15, 0.2) is 7.85 Å². The van der Waals surface area contributed by atoms with Gasteiger partial charge in [-0.05, 0) is 38.0 Å². The zero-order valence-corrected chi connectivity index (χ0v) is 15.3. The van der Waals surface area contributed by atoms with Crippen molar-refractivity contribution in [3.05, 3.63) is 0 Å². The molecular weight excluding hydrogens is 309 g/mol. The maximum absolute atomic E-state index is 12.3. The predicted molar refractivity (Wildman–Crippen MR) is 95.4 cm³/mol. The first-order chi connectivity index (χ1) is 10.9. The van der Waals surface area contributed by atoms with Gasteiger partial charge in [0.25, 0.3) is 0 Å². The molecule has 1 rings (SSSR count). The summed E-state index contributed by atoms with van der Waals surface area (Å²) in [5, 5.41) is 0.733. The van der Waals surface area contributed by atoms with Crippen molar-refractivity contribution in [1.82, 2.24) is 4.90 Å². The summed E-state index contributed by atoms with van der Waals surface area (Å²) in [5.41, 5.74) is -0.234. The molecule has 1 aliphatic rings.